The molecule has 2 aromatic rings. The minimum atomic E-state index is 0.0373. The number of likely N-dealkylation sites (tertiary alicyclic amines) is 1. The SMILES string of the molecule is CN(CCN1CCCC1=O)c1nn2cc(C(C)(C)C)nc2s1. The van der Waals surface area contributed by atoms with E-state index in [0.29, 0.717) is 6.42 Å². The lowest BCUT2D eigenvalue weighted by Crippen LogP contribution is -2.33. The summed E-state index contributed by atoms with van der Waals surface area (Å²) in [7, 11) is 2.02. The van der Waals surface area contributed by atoms with Gasteiger partial charge in [0.05, 0.1) is 11.9 Å². The van der Waals surface area contributed by atoms with Gasteiger partial charge in [0.15, 0.2) is 0 Å². The molecule has 120 valence electrons. The summed E-state index contributed by atoms with van der Waals surface area (Å²) in [6.07, 6.45) is 3.70. The minimum Gasteiger partial charge on any atom is -0.348 e. The highest BCUT2D eigenvalue weighted by Gasteiger charge is 2.22. The number of fused-ring (bicyclic) bond motifs is 1. The van der Waals surface area contributed by atoms with Gasteiger partial charge >= 0.3 is 0 Å². The highest BCUT2D eigenvalue weighted by Crippen LogP contribution is 2.27. The van der Waals surface area contributed by atoms with E-state index < -0.39 is 0 Å². The molecule has 1 saturated heterocycles. The van der Waals surface area contributed by atoms with Crippen molar-refractivity contribution in [1.82, 2.24) is 19.5 Å². The normalized spacial score (nSPS) is 16.0. The fraction of sp³-hybridized carbons (Fsp3) is 0.667. The third kappa shape index (κ3) is 2.95. The number of aromatic nitrogens is 3. The van der Waals surface area contributed by atoms with E-state index in [9.17, 15) is 4.79 Å². The van der Waals surface area contributed by atoms with Crippen molar-refractivity contribution >= 4 is 27.3 Å². The van der Waals surface area contributed by atoms with Crippen LogP contribution < -0.4 is 4.90 Å². The van der Waals surface area contributed by atoms with Crippen LogP contribution in [0.1, 0.15) is 39.3 Å². The maximum absolute atomic E-state index is 11.6. The first-order valence-electron chi connectivity index (χ1n) is 7.70. The largest absolute Gasteiger partial charge is 0.348 e. The van der Waals surface area contributed by atoms with E-state index in [4.69, 9.17) is 0 Å². The van der Waals surface area contributed by atoms with Crippen LogP contribution in [-0.2, 0) is 10.2 Å². The summed E-state index contributed by atoms with van der Waals surface area (Å²) in [4.78, 5) is 21.3. The van der Waals surface area contributed by atoms with Crippen LogP contribution in [0.2, 0.25) is 0 Å². The van der Waals surface area contributed by atoms with E-state index in [-0.39, 0.29) is 11.3 Å². The maximum atomic E-state index is 11.6. The van der Waals surface area contributed by atoms with Crippen molar-refractivity contribution in [3.05, 3.63) is 11.9 Å². The molecule has 0 radical (unpaired) electrons. The quantitative estimate of drug-likeness (QED) is 0.866. The van der Waals surface area contributed by atoms with Crippen LogP contribution in [-0.4, -0.2) is 52.1 Å². The zero-order valence-corrected chi connectivity index (χ0v) is 14.5. The number of hydrogen-bond donors (Lipinski definition) is 0. The van der Waals surface area contributed by atoms with Gasteiger partial charge in [-0.05, 0) is 6.42 Å². The molecule has 3 rings (SSSR count). The molecule has 3 heterocycles. The summed E-state index contributed by atoms with van der Waals surface area (Å²) < 4.78 is 1.86. The fourth-order valence-corrected chi connectivity index (χ4v) is 3.38. The van der Waals surface area contributed by atoms with Crippen LogP contribution >= 0.6 is 11.3 Å². The van der Waals surface area contributed by atoms with Gasteiger partial charge in [0, 0.05) is 38.5 Å². The predicted octanol–water partition coefficient (Wildman–Crippen LogP) is 2.15. The standard InChI is InChI=1S/C15H23N5OS/c1-15(2,3)11-10-20-13(16-11)22-14(17-20)18(4)8-9-19-7-5-6-12(19)21/h10H,5-9H2,1-4H3. The van der Waals surface area contributed by atoms with Gasteiger partial charge in [-0.2, -0.15) is 0 Å². The molecule has 0 atom stereocenters. The first-order valence-corrected chi connectivity index (χ1v) is 8.52. The van der Waals surface area contributed by atoms with Gasteiger partial charge in [-0.1, -0.05) is 32.1 Å². The maximum Gasteiger partial charge on any atom is 0.222 e. The summed E-state index contributed by atoms with van der Waals surface area (Å²) in [5.41, 5.74) is 1.10. The van der Waals surface area contributed by atoms with Gasteiger partial charge in [0.25, 0.3) is 0 Å². The van der Waals surface area contributed by atoms with Crippen molar-refractivity contribution in [2.75, 3.05) is 31.6 Å². The smallest absolute Gasteiger partial charge is 0.222 e. The van der Waals surface area contributed by atoms with Crippen LogP contribution in [0, 0.1) is 0 Å². The molecule has 0 saturated carbocycles. The second-order valence-corrected chi connectivity index (χ2v) is 7.83. The molecule has 22 heavy (non-hydrogen) atoms. The molecule has 7 heteroatoms. The number of hydrogen-bond acceptors (Lipinski definition) is 5. The van der Waals surface area contributed by atoms with Crippen LogP contribution in [0.25, 0.3) is 4.96 Å². The first-order chi connectivity index (χ1) is 10.3. The van der Waals surface area contributed by atoms with Crippen molar-refractivity contribution in [3.8, 4) is 0 Å². The molecule has 2 aromatic heterocycles. The molecule has 0 aromatic carbocycles. The molecule has 1 aliphatic rings. The minimum absolute atomic E-state index is 0.0373. The van der Waals surface area contributed by atoms with Crippen molar-refractivity contribution in [2.24, 2.45) is 0 Å². The Bertz CT molecular complexity index is 652. The second-order valence-electron chi connectivity index (χ2n) is 6.89. The van der Waals surface area contributed by atoms with Crippen molar-refractivity contribution in [2.45, 2.75) is 39.0 Å². The molecule has 1 aliphatic heterocycles. The number of anilines is 1. The van der Waals surface area contributed by atoms with Gasteiger partial charge < -0.3 is 9.80 Å². The lowest BCUT2D eigenvalue weighted by molar-refractivity contribution is -0.127. The number of imidazole rings is 1. The first kappa shape index (κ1) is 15.3. The van der Waals surface area contributed by atoms with Gasteiger partial charge in [0.1, 0.15) is 0 Å². The average molecular weight is 321 g/mol. The molecule has 0 N–H and O–H groups in total. The van der Waals surface area contributed by atoms with Crippen molar-refractivity contribution in [3.63, 3.8) is 0 Å². The van der Waals surface area contributed by atoms with Crippen molar-refractivity contribution in [1.29, 1.82) is 0 Å². The molecule has 1 fully saturated rings. The van der Waals surface area contributed by atoms with Crippen molar-refractivity contribution < 1.29 is 4.79 Å². The Hall–Kier alpha value is -1.63. The van der Waals surface area contributed by atoms with Gasteiger partial charge in [0.2, 0.25) is 16.0 Å². The van der Waals surface area contributed by atoms with Gasteiger partial charge in [-0.15, -0.1) is 5.10 Å². The zero-order chi connectivity index (χ0) is 15.9. The van der Waals surface area contributed by atoms with Crippen LogP contribution in [0.5, 0.6) is 0 Å². The number of carbonyl (C=O) groups is 1. The zero-order valence-electron chi connectivity index (χ0n) is 13.7. The Morgan fingerprint density at radius 1 is 1.41 bits per heavy atom. The predicted molar refractivity (Wildman–Crippen MR) is 88.6 cm³/mol. The molecule has 6 nitrogen and oxygen atoms in total. The Morgan fingerprint density at radius 3 is 2.77 bits per heavy atom. The number of likely N-dealkylation sites (N-methyl/N-ethyl adjacent to an activating group) is 1. The van der Waals surface area contributed by atoms with Crippen LogP contribution in [0.4, 0.5) is 5.13 Å². The Balaban J connectivity index is 1.67. The summed E-state index contributed by atoms with van der Waals surface area (Å²) in [5, 5.41) is 5.55. The topological polar surface area (TPSA) is 53.7 Å². The highest BCUT2D eigenvalue weighted by atomic mass is 32.1. The second kappa shape index (κ2) is 5.53. The number of amides is 1. The van der Waals surface area contributed by atoms with Crippen LogP contribution in [0.15, 0.2) is 6.20 Å². The summed E-state index contributed by atoms with van der Waals surface area (Å²) in [6, 6.07) is 0. The van der Waals surface area contributed by atoms with E-state index in [2.05, 4.69) is 35.8 Å². The monoisotopic (exact) mass is 321 g/mol. The Labute approximate surface area is 134 Å². The Morgan fingerprint density at radius 2 is 2.18 bits per heavy atom. The van der Waals surface area contributed by atoms with Crippen LogP contribution in [0.3, 0.4) is 0 Å². The highest BCUT2D eigenvalue weighted by molar-refractivity contribution is 7.20. The summed E-state index contributed by atoms with van der Waals surface area (Å²) in [5.74, 6) is 0.275. The molecule has 0 spiro atoms. The third-order valence-electron chi connectivity index (χ3n) is 4.00. The summed E-state index contributed by atoms with van der Waals surface area (Å²) >= 11 is 1.59. The lowest BCUT2D eigenvalue weighted by Gasteiger charge is -2.20. The number of rotatable bonds is 4. The van der Waals surface area contributed by atoms with Gasteiger partial charge in [-0.25, -0.2) is 9.50 Å². The molecule has 0 bridgehead atoms. The summed E-state index contributed by atoms with van der Waals surface area (Å²) in [6.45, 7) is 8.92. The van der Waals surface area contributed by atoms with E-state index in [0.717, 1.165) is 41.8 Å². The number of carbonyl (C=O) groups excluding carboxylic acids is 1. The Kier molecular flexibility index (Phi) is 3.84. The lowest BCUT2D eigenvalue weighted by atomic mass is 9.93. The molecular formula is C15H23N5OS. The molecule has 0 unspecified atom stereocenters. The van der Waals surface area contributed by atoms with Gasteiger partial charge in [-0.3, -0.25) is 4.79 Å². The molecule has 1 amide bonds. The number of nitrogens with zero attached hydrogens (tertiary/aromatic N) is 5. The van der Waals surface area contributed by atoms with E-state index in [1.807, 2.05) is 22.7 Å². The third-order valence-corrected chi connectivity index (χ3v) is 5.04. The van der Waals surface area contributed by atoms with E-state index in [1.54, 1.807) is 11.3 Å². The fourth-order valence-electron chi connectivity index (χ4n) is 2.51. The van der Waals surface area contributed by atoms with E-state index >= 15 is 0 Å². The average Bonchev–Trinajstić information content (AvgIpc) is 3.08. The molecular weight excluding hydrogens is 298 g/mol. The van der Waals surface area contributed by atoms with E-state index in [1.165, 1.54) is 0 Å². The molecule has 0 aliphatic carbocycles.